The molecule has 0 bridgehead atoms. The van der Waals surface area contributed by atoms with Crippen LogP contribution < -0.4 is 0 Å². The summed E-state index contributed by atoms with van der Waals surface area (Å²) in [4.78, 5) is 0. The summed E-state index contributed by atoms with van der Waals surface area (Å²) in [6, 6.07) is 76.1. The molecule has 11 aromatic carbocycles. The van der Waals surface area contributed by atoms with E-state index in [2.05, 4.69) is 200 Å². The molecule has 0 aliphatic heterocycles. The van der Waals surface area contributed by atoms with Crippen LogP contribution in [0.3, 0.4) is 0 Å². The van der Waals surface area contributed by atoms with Crippen molar-refractivity contribution in [2.45, 2.75) is 0 Å². The normalized spacial score (nSPS) is 12.0. The summed E-state index contributed by atoms with van der Waals surface area (Å²) >= 11 is 0.139. The number of rotatable bonds is 4. The molecule has 13 rings (SSSR count). The van der Waals surface area contributed by atoms with Crippen LogP contribution in [-0.2, 0) is 0 Å². The van der Waals surface area contributed by atoms with Gasteiger partial charge in [-0.3, -0.25) is 0 Å². The van der Waals surface area contributed by atoms with E-state index < -0.39 is 0 Å². The molecule has 0 aliphatic rings. The van der Waals surface area contributed by atoms with Gasteiger partial charge in [0.15, 0.2) is 0 Å². The van der Waals surface area contributed by atoms with Gasteiger partial charge in [0.1, 0.15) is 0 Å². The van der Waals surface area contributed by atoms with Crippen LogP contribution in [0.5, 0.6) is 0 Å². The Bertz CT molecular complexity index is 3770. The first kappa shape index (κ1) is 33.7. The van der Waals surface area contributed by atoms with Gasteiger partial charge < -0.3 is 0 Å². The van der Waals surface area contributed by atoms with Gasteiger partial charge in [0.25, 0.3) is 0 Å². The van der Waals surface area contributed by atoms with E-state index in [0.29, 0.717) is 0 Å². The fourth-order valence-electron chi connectivity index (χ4n) is 10.2. The molecular formula is C58H34OSe. The number of hydrogen-bond acceptors (Lipinski definition) is 1. The van der Waals surface area contributed by atoms with E-state index in [0.717, 1.165) is 16.6 Å². The van der Waals surface area contributed by atoms with Crippen molar-refractivity contribution in [2.24, 2.45) is 0 Å². The van der Waals surface area contributed by atoms with E-state index in [1.54, 1.807) is 0 Å². The summed E-state index contributed by atoms with van der Waals surface area (Å²) in [5.74, 6) is 0. The van der Waals surface area contributed by atoms with Crippen LogP contribution in [0.2, 0.25) is 0 Å². The van der Waals surface area contributed by atoms with Crippen molar-refractivity contribution in [1.29, 1.82) is 0 Å². The van der Waals surface area contributed by atoms with Gasteiger partial charge in [0, 0.05) is 0 Å². The summed E-state index contributed by atoms with van der Waals surface area (Å²) in [6.07, 6.45) is 0. The zero-order chi connectivity index (χ0) is 39.3. The first-order valence-corrected chi connectivity index (χ1v) is 22.3. The molecule has 2 aromatic heterocycles. The molecule has 0 N–H and O–H groups in total. The minimum absolute atomic E-state index is 0.139. The summed E-state index contributed by atoms with van der Waals surface area (Å²) < 4.78 is 9.31. The number of para-hydroxylation sites is 1. The van der Waals surface area contributed by atoms with Crippen LogP contribution in [0, 0.1) is 0 Å². The van der Waals surface area contributed by atoms with E-state index >= 15 is 0 Å². The van der Waals surface area contributed by atoms with Crippen molar-refractivity contribution in [1.82, 2.24) is 0 Å². The third-order valence-electron chi connectivity index (χ3n) is 12.7. The Morgan fingerprint density at radius 3 is 1.35 bits per heavy atom. The van der Waals surface area contributed by atoms with Gasteiger partial charge in [0.05, 0.1) is 0 Å². The van der Waals surface area contributed by atoms with Gasteiger partial charge in [0.2, 0.25) is 0 Å². The maximum absolute atomic E-state index is 6.41. The van der Waals surface area contributed by atoms with Crippen LogP contribution in [0.15, 0.2) is 211 Å². The Labute approximate surface area is 352 Å². The predicted molar refractivity (Wildman–Crippen MR) is 257 cm³/mol. The second kappa shape index (κ2) is 13.1. The van der Waals surface area contributed by atoms with Crippen molar-refractivity contribution in [3.63, 3.8) is 0 Å². The first-order chi connectivity index (χ1) is 29.8. The fraction of sp³-hybridized carbons (Fsp3) is 0. The topological polar surface area (TPSA) is 13.1 Å². The van der Waals surface area contributed by atoms with Gasteiger partial charge >= 0.3 is 336 Å². The van der Waals surface area contributed by atoms with E-state index in [-0.39, 0.29) is 14.5 Å². The third kappa shape index (κ3) is 4.87. The molecule has 13 aromatic rings. The Kier molecular flexibility index (Phi) is 7.39. The maximum atomic E-state index is 6.41. The number of benzene rings is 11. The molecule has 60 heavy (non-hydrogen) atoms. The van der Waals surface area contributed by atoms with Gasteiger partial charge in [-0.1, -0.05) is 12.1 Å². The Balaban J connectivity index is 1.06. The fourth-order valence-corrected chi connectivity index (χ4v) is 12.7. The number of fused-ring (bicyclic) bond motifs is 10. The predicted octanol–water partition coefficient (Wildman–Crippen LogP) is 16.2. The average molecular weight is 826 g/mol. The van der Waals surface area contributed by atoms with E-state index in [1.807, 2.05) is 6.07 Å². The molecule has 0 saturated heterocycles. The van der Waals surface area contributed by atoms with Crippen molar-refractivity contribution in [3.05, 3.63) is 206 Å². The van der Waals surface area contributed by atoms with Crippen molar-refractivity contribution < 1.29 is 4.42 Å². The van der Waals surface area contributed by atoms with Crippen LogP contribution in [0.1, 0.15) is 0 Å². The van der Waals surface area contributed by atoms with Crippen molar-refractivity contribution in [3.8, 4) is 44.5 Å². The summed E-state index contributed by atoms with van der Waals surface area (Å²) in [5, 5.41) is 15.2. The SMILES string of the molecule is c1ccc(-c2c3ccccc3c(-c3cccc4c3[se]c3ccc(-c5c6ccccc6c(-c6cccc7oc8ccccc8c67)c6ccccc56)cc34)c3ccccc23)cc1. The van der Waals surface area contributed by atoms with Gasteiger partial charge in [-0.05, 0) is 6.07 Å². The van der Waals surface area contributed by atoms with Crippen LogP contribution in [0.25, 0.3) is 129 Å². The standard InChI is InChI=1S/C58H34OSe/c1-2-16-35(17-3-1)53-37-18-4-10-24-43(37)56(44-25-11-5-19-38(44)53)48-29-14-27-45-49-34-36(32-33-52(49)60-58(45)48)54-39-20-6-8-22-41(39)55(42-23-9-7-21-40(42)54)47-28-15-31-51-57(47)46-26-12-13-30-50(46)59-51/h1-34H. The minimum atomic E-state index is 0.139. The molecule has 0 amide bonds. The Morgan fingerprint density at radius 1 is 0.283 bits per heavy atom. The van der Waals surface area contributed by atoms with Gasteiger partial charge in [-0.15, -0.1) is 0 Å². The number of furan rings is 1. The monoisotopic (exact) mass is 826 g/mol. The van der Waals surface area contributed by atoms with E-state index in [9.17, 15) is 0 Å². The molecule has 0 unspecified atom stereocenters. The number of hydrogen-bond donors (Lipinski definition) is 0. The van der Waals surface area contributed by atoms with Gasteiger partial charge in [-0.25, -0.2) is 0 Å². The van der Waals surface area contributed by atoms with Crippen molar-refractivity contribution in [2.75, 3.05) is 0 Å². The second-order valence-corrected chi connectivity index (χ2v) is 18.0. The zero-order valence-corrected chi connectivity index (χ0v) is 34.2. The Morgan fingerprint density at radius 2 is 0.733 bits per heavy atom. The molecule has 0 radical (unpaired) electrons. The molecular weight excluding hydrogens is 792 g/mol. The molecule has 0 fully saturated rings. The molecule has 0 atom stereocenters. The molecule has 0 spiro atoms. The van der Waals surface area contributed by atoms with E-state index in [1.165, 1.54) is 112 Å². The van der Waals surface area contributed by atoms with Gasteiger partial charge in [-0.2, -0.15) is 0 Å². The molecule has 0 saturated carbocycles. The second-order valence-electron chi connectivity index (χ2n) is 15.8. The molecule has 0 aliphatic carbocycles. The molecule has 1 nitrogen and oxygen atoms in total. The summed E-state index contributed by atoms with van der Waals surface area (Å²) in [6.45, 7) is 0. The average Bonchev–Trinajstić information content (AvgIpc) is 3.89. The van der Waals surface area contributed by atoms with Crippen LogP contribution in [0.4, 0.5) is 0 Å². The first-order valence-electron chi connectivity index (χ1n) is 20.6. The van der Waals surface area contributed by atoms with Crippen LogP contribution >= 0.6 is 0 Å². The zero-order valence-electron chi connectivity index (χ0n) is 32.4. The summed E-state index contributed by atoms with van der Waals surface area (Å²) in [5.41, 5.74) is 12.0. The van der Waals surface area contributed by atoms with Crippen molar-refractivity contribution >= 4 is 98.8 Å². The molecule has 2 heterocycles. The molecule has 278 valence electrons. The molecule has 2 heteroatoms. The summed E-state index contributed by atoms with van der Waals surface area (Å²) in [7, 11) is 0. The third-order valence-corrected chi connectivity index (χ3v) is 15.2. The van der Waals surface area contributed by atoms with E-state index in [4.69, 9.17) is 4.42 Å². The Hall–Kier alpha value is -7.22. The van der Waals surface area contributed by atoms with Crippen LogP contribution in [-0.4, -0.2) is 14.5 Å². The quantitative estimate of drug-likeness (QED) is 0.127.